The molecule has 7 N–H and O–H groups in total. The summed E-state index contributed by atoms with van der Waals surface area (Å²) in [5, 5.41) is 17.3. The van der Waals surface area contributed by atoms with Gasteiger partial charge in [-0.1, -0.05) is 23.9 Å². The molecule has 0 amide bonds. The second-order valence-electron chi connectivity index (χ2n) is 7.67. The summed E-state index contributed by atoms with van der Waals surface area (Å²) in [4.78, 5) is 14.5. The highest BCUT2D eigenvalue weighted by atomic mass is 32.2. The number of aromatic amines is 1. The van der Waals surface area contributed by atoms with Crippen molar-refractivity contribution in [3.05, 3.63) is 53.3 Å². The summed E-state index contributed by atoms with van der Waals surface area (Å²) < 4.78 is 0. The molecular weight excluding hydrogens is 396 g/mol. The van der Waals surface area contributed by atoms with Gasteiger partial charge in [-0.15, -0.1) is 0 Å². The van der Waals surface area contributed by atoms with Crippen molar-refractivity contribution < 1.29 is 0 Å². The van der Waals surface area contributed by atoms with E-state index in [1.165, 1.54) is 18.1 Å². The molecule has 2 aromatic rings. The molecule has 1 saturated heterocycles. The summed E-state index contributed by atoms with van der Waals surface area (Å²) in [6.45, 7) is 2.54. The highest BCUT2D eigenvalue weighted by Crippen LogP contribution is 2.35. The number of nitrogens with one attached hydrogen (secondary N) is 3. The number of likely N-dealkylation sites (tertiary alicyclic amines) is 1. The van der Waals surface area contributed by atoms with Crippen LogP contribution in [0.4, 0.5) is 5.69 Å². The lowest BCUT2D eigenvalue weighted by atomic mass is 10.1. The van der Waals surface area contributed by atoms with Crippen molar-refractivity contribution in [2.24, 2.45) is 27.4 Å². The topological polar surface area (TPSA) is 143 Å². The van der Waals surface area contributed by atoms with Crippen LogP contribution >= 0.6 is 11.8 Å². The largest absolute Gasteiger partial charge is 0.390 e. The third-order valence-electron chi connectivity index (χ3n) is 5.14. The lowest BCUT2D eigenvalue weighted by molar-refractivity contribution is 0.142. The standard InChI is InChI=1S/C21H26N8S/c22-12-27-21(18-15(6-7-26-18)9-29-10-16(23)11-29)28-17-3-1-2-14(8-17)20(25)30-19(24)13-4-5-13/h1-3,6-8,12-13,16,24-26H,4-5,9-11,23H2,(H2,22,27,28). The summed E-state index contributed by atoms with van der Waals surface area (Å²) in [6, 6.07) is 9.72. The number of hydrogen-bond acceptors (Lipinski definition) is 6. The monoisotopic (exact) mass is 422 g/mol. The number of aromatic nitrogens is 1. The average molecular weight is 423 g/mol. The molecule has 2 heterocycles. The predicted octanol–water partition coefficient (Wildman–Crippen LogP) is 2.67. The van der Waals surface area contributed by atoms with Crippen LogP contribution in [-0.4, -0.2) is 51.3 Å². The molecule has 0 radical (unpaired) electrons. The molecule has 8 nitrogen and oxygen atoms in total. The number of thioether (sulfide) groups is 1. The Kier molecular flexibility index (Phi) is 6.12. The van der Waals surface area contributed by atoms with Crippen molar-refractivity contribution in [2.45, 2.75) is 25.4 Å². The SMILES string of the molecule is N=C(SC(=N)C1CC1)c1cccc(N=C(N=CN)c2[nH]ccc2CN2CC(N)C2)c1. The van der Waals surface area contributed by atoms with Gasteiger partial charge in [0.2, 0.25) is 0 Å². The fourth-order valence-electron chi connectivity index (χ4n) is 3.38. The Labute approximate surface area is 179 Å². The predicted molar refractivity (Wildman–Crippen MR) is 124 cm³/mol. The van der Waals surface area contributed by atoms with Crippen LogP contribution in [0.15, 0.2) is 46.5 Å². The summed E-state index contributed by atoms with van der Waals surface area (Å²) in [5.41, 5.74) is 14.8. The number of nitrogens with zero attached hydrogens (tertiary/aromatic N) is 3. The van der Waals surface area contributed by atoms with Gasteiger partial charge in [0.25, 0.3) is 0 Å². The van der Waals surface area contributed by atoms with Crippen LogP contribution < -0.4 is 11.5 Å². The molecule has 9 heteroatoms. The molecule has 1 saturated carbocycles. The number of amidine groups is 1. The minimum atomic E-state index is 0.250. The lowest BCUT2D eigenvalue weighted by Gasteiger charge is -2.36. The quantitative estimate of drug-likeness (QED) is 0.360. The molecule has 1 aliphatic heterocycles. The van der Waals surface area contributed by atoms with E-state index in [9.17, 15) is 0 Å². The smallest absolute Gasteiger partial charge is 0.178 e. The summed E-state index contributed by atoms with van der Waals surface area (Å²) >= 11 is 1.22. The van der Waals surface area contributed by atoms with Crippen molar-refractivity contribution >= 4 is 39.7 Å². The zero-order valence-corrected chi connectivity index (χ0v) is 17.5. The van der Waals surface area contributed by atoms with E-state index in [0.717, 1.165) is 49.3 Å². The van der Waals surface area contributed by atoms with Crippen LogP contribution in [0.1, 0.15) is 29.7 Å². The van der Waals surface area contributed by atoms with Crippen molar-refractivity contribution in [2.75, 3.05) is 13.1 Å². The Morgan fingerprint density at radius 2 is 2.07 bits per heavy atom. The minimum Gasteiger partial charge on any atom is -0.390 e. The van der Waals surface area contributed by atoms with E-state index < -0.39 is 0 Å². The van der Waals surface area contributed by atoms with E-state index in [1.807, 2.05) is 36.5 Å². The van der Waals surface area contributed by atoms with Gasteiger partial charge >= 0.3 is 0 Å². The number of aliphatic imine (C=N–C) groups is 2. The van der Waals surface area contributed by atoms with Gasteiger partial charge in [0, 0.05) is 43.4 Å². The normalized spacial score (nSPS) is 18.0. The van der Waals surface area contributed by atoms with Crippen LogP contribution in [0.3, 0.4) is 0 Å². The fraction of sp³-hybridized carbons (Fsp3) is 0.333. The van der Waals surface area contributed by atoms with Crippen molar-refractivity contribution in [3.8, 4) is 0 Å². The Balaban J connectivity index is 1.55. The van der Waals surface area contributed by atoms with Gasteiger partial charge in [-0.2, -0.15) is 0 Å². The molecule has 4 rings (SSSR count). The Hall–Kier alpha value is -2.75. The van der Waals surface area contributed by atoms with Crippen molar-refractivity contribution in [1.82, 2.24) is 9.88 Å². The first-order valence-electron chi connectivity index (χ1n) is 9.96. The van der Waals surface area contributed by atoms with Crippen LogP contribution in [0.2, 0.25) is 0 Å². The van der Waals surface area contributed by atoms with E-state index in [2.05, 4.69) is 14.9 Å². The molecule has 2 fully saturated rings. The van der Waals surface area contributed by atoms with E-state index in [0.29, 0.717) is 27.5 Å². The number of rotatable bonds is 6. The number of nitrogens with two attached hydrogens (primary N) is 2. The minimum absolute atomic E-state index is 0.250. The third kappa shape index (κ3) is 4.86. The maximum atomic E-state index is 8.34. The highest BCUT2D eigenvalue weighted by Gasteiger charge is 2.28. The van der Waals surface area contributed by atoms with Crippen LogP contribution in [0.25, 0.3) is 0 Å². The molecule has 0 bridgehead atoms. The van der Waals surface area contributed by atoms with Gasteiger partial charge in [-0.25, -0.2) is 9.98 Å². The second kappa shape index (κ2) is 8.95. The maximum Gasteiger partial charge on any atom is 0.178 e. The van der Waals surface area contributed by atoms with Gasteiger partial charge in [0.1, 0.15) is 5.04 Å². The Morgan fingerprint density at radius 3 is 2.77 bits per heavy atom. The van der Waals surface area contributed by atoms with Crippen LogP contribution in [0.5, 0.6) is 0 Å². The van der Waals surface area contributed by atoms with E-state index in [1.54, 1.807) is 0 Å². The first-order chi connectivity index (χ1) is 14.5. The molecule has 0 spiro atoms. The van der Waals surface area contributed by atoms with Gasteiger partial charge in [0.15, 0.2) is 5.84 Å². The molecule has 1 aromatic carbocycles. The highest BCUT2D eigenvalue weighted by molar-refractivity contribution is 8.26. The Bertz CT molecular complexity index is 998. The maximum absolute atomic E-state index is 8.34. The summed E-state index contributed by atoms with van der Waals surface area (Å²) in [5.74, 6) is 0.832. The van der Waals surface area contributed by atoms with Gasteiger partial charge < -0.3 is 16.5 Å². The molecule has 30 heavy (non-hydrogen) atoms. The lowest BCUT2D eigenvalue weighted by Crippen LogP contribution is -2.54. The van der Waals surface area contributed by atoms with Gasteiger partial charge in [0.05, 0.1) is 22.8 Å². The third-order valence-corrected chi connectivity index (χ3v) is 6.13. The van der Waals surface area contributed by atoms with E-state index >= 15 is 0 Å². The molecule has 1 aliphatic carbocycles. The second-order valence-corrected chi connectivity index (χ2v) is 8.72. The summed E-state index contributed by atoms with van der Waals surface area (Å²) in [7, 11) is 0. The number of benzene rings is 1. The average Bonchev–Trinajstić information content (AvgIpc) is 3.46. The first-order valence-corrected chi connectivity index (χ1v) is 10.8. The van der Waals surface area contributed by atoms with Crippen LogP contribution in [0, 0.1) is 16.7 Å². The summed E-state index contributed by atoms with van der Waals surface area (Å²) in [6.07, 6.45) is 5.23. The van der Waals surface area contributed by atoms with E-state index in [-0.39, 0.29) is 6.04 Å². The molecule has 0 atom stereocenters. The fourth-order valence-corrected chi connectivity index (χ4v) is 4.25. The zero-order valence-electron chi connectivity index (χ0n) is 16.6. The Morgan fingerprint density at radius 1 is 1.27 bits per heavy atom. The van der Waals surface area contributed by atoms with Crippen molar-refractivity contribution in [3.63, 3.8) is 0 Å². The molecule has 1 aromatic heterocycles. The number of hydrogen-bond donors (Lipinski definition) is 5. The molecule has 2 aliphatic rings. The first kappa shape index (κ1) is 20.5. The zero-order chi connectivity index (χ0) is 21.1. The van der Waals surface area contributed by atoms with Crippen LogP contribution in [-0.2, 0) is 6.54 Å². The van der Waals surface area contributed by atoms with Gasteiger partial charge in [-0.05, 0) is 36.6 Å². The molecular formula is C21H26N8S. The molecule has 156 valence electrons. The molecule has 0 unspecified atom stereocenters. The number of H-pyrrole nitrogens is 1. The van der Waals surface area contributed by atoms with Gasteiger partial charge in [-0.3, -0.25) is 15.7 Å². The van der Waals surface area contributed by atoms with Crippen molar-refractivity contribution in [1.29, 1.82) is 10.8 Å². The van der Waals surface area contributed by atoms with E-state index in [4.69, 9.17) is 27.3 Å².